The number of nitrogens with zero attached hydrogens (tertiary/aromatic N) is 4. The molecule has 0 saturated carbocycles. The van der Waals surface area contributed by atoms with Gasteiger partial charge in [0.25, 0.3) is 5.56 Å². The summed E-state index contributed by atoms with van der Waals surface area (Å²) in [5, 5.41) is 6.12. The minimum Gasteiger partial charge on any atom is -0.335 e. The number of rotatable bonds is 4. The lowest BCUT2D eigenvalue weighted by Crippen LogP contribution is -2.20. The molecule has 0 atom stereocenters. The predicted octanol–water partition coefficient (Wildman–Crippen LogP) is 4.53. The van der Waals surface area contributed by atoms with Crippen molar-refractivity contribution in [2.24, 2.45) is 5.10 Å². The van der Waals surface area contributed by atoms with Crippen molar-refractivity contribution in [2.45, 2.75) is 6.54 Å². The van der Waals surface area contributed by atoms with E-state index in [1.54, 1.807) is 12.3 Å². The Morgan fingerprint density at radius 3 is 2.45 bits per heavy atom. The van der Waals surface area contributed by atoms with Crippen molar-refractivity contribution in [3.8, 4) is 23.7 Å². The van der Waals surface area contributed by atoms with Crippen LogP contribution in [0, 0.1) is 12.3 Å². The molecule has 5 aromatic rings. The molecule has 0 saturated heterocycles. The topological polar surface area (TPSA) is 52.2 Å². The zero-order valence-corrected chi connectivity index (χ0v) is 16.6. The van der Waals surface area contributed by atoms with Crippen LogP contribution in [0.15, 0.2) is 95.0 Å². The number of aromatic nitrogens is 3. The third-order valence-electron chi connectivity index (χ3n) is 5.18. The van der Waals surface area contributed by atoms with Crippen molar-refractivity contribution in [1.82, 2.24) is 14.2 Å². The highest BCUT2D eigenvalue weighted by molar-refractivity contribution is 5.99. The first kappa shape index (κ1) is 18.6. The lowest BCUT2D eigenvalue weighted by Gasteiger charge is -2.09. The van der Waals surface area contributed by atoms with E-state index in [2.05, 4.69) is 11.0 Å². The van der Waals surface area contributed by atoms with E-state index in [-0.39, 0.29) is 5.56 Å². The molecule has 0 fully saturated rings. The molecule has 0 unspecified atom stereocenters. The zero-order valence-electron chi connectivity index (χ0n) is 16.6. The fourth-order valence-electron chi connectivity index (χ4n) is 3.73. The first-order chi connectivity index (χ1) is 15.3. The monoisotopic (exact) mass is 402 g/mol. The van der Waals surface area contributed by atoms with Crippen molar-refractivity contribution in [1.29, 1.82) is 0 Å². The van der Waals surface area contributed by atoms with E-state index in [9.17, 15) is 4.79 Å². The molecular weight excluding hydrogens is 384 g/mol. The second kappa shape index (κ2) is 7.77. The summed E-state index contributed by atoms with van der Waals surface area (Å²) in [6, 6.07) is 24.9. The van der Waals surface area contributed by atoms with Gasteiger partial charge in [-0.05, 0) is 18.2 Å². The van der Waals surface area contributed by atoms with Crippen molar-refractivity contribution >= 4 is 28.0 Å². The number of fused-ring (bicyclic) bond motifs is 2. The normalized spacial score (nSPS) is 11.3. The van der Waals surface area contributed by atoms with Crippen LogP contribution in [0.5, 0.6) is 0 Å². The molecule has 0 radical (unpaired) electrons. The Bertz CT molecular complexity index is 1540. The average Bonchev–Trinajstić information content (AvgIpc) is 3.17. The fraction of sp³-hybridized carbons (Fsp3) is 0.0385. The van der Waals surface area contributed by atoms with Gasteiger partial charge in [0.05, 0.1) is 23.7 Å². The smallest absolute Gasteiger partial charge is 0.282 e. The summed E-state index contributed by atoms with van der Waals surface area (Å²) in [7, 11) is 0. The van der Waals surface area contributed by atoms with E-state index in [0.29, 0.717) is 23.3 Å². The first-order valence-corrected chi connectivity index (χ1v) is 9.89. The highest BCUT2D eigenvalue weighted by atomic mass is 16.1. The van der Waals surface area contributed by atoms with Crippen LogP contribution in [0.4, 0.5) is 0 Å². The number of terminal acetylenes is 1. The highest BCUT2D eigenvalue weighted by Gasteiger charge is 2.12. The van der Waals surface area contributed by atoms with E-state index in [0.717, 1.165) is 22.0 Å². The maximum atomic E-state index is 13.3. The van der Waals surface area contributed by atoms with Gasteiger partial charge in [0.1, 0.15) is 0 Å². The summed E-state index contributed by atoms with van der Waals surface area (Å²) in [4.78, 5) is 18.0. The molecule has 3 aromatic carbocycles. The summed E-state index contributed by atoms with van der Waals surface area (Å²) in [5.74, 6) is 3.17. The van der Waals surface area contributed by atoms with Crippen LogP contribution in [-0.2, 0) is 6.54 Å². The summed E-state index contributed by atoms with van der Waals surface area (Å²) in [5.41, 5.74) is 3.15. The lowest BCUT2D eigenvalue weighted by atomic mass is 10.2. The first-order valence-electron chi connectivity index (χ1n) is 9.89. The molecule has 0 bridgehead atoms. The summed E-state index contributed by atoms with van der Waals surface area (Å²) in [6.07, 6.45) is 9.17. The van der Waals surface area contributed by atoms with E-state index in [4.69, 9.17) is 11.4 Å². The van der Waals surface area contributed by atoms with Gasteiger partial charge in [-0.3, -0.25) is 4.79 Å². The number of hydrogen-bond acceptors (Lipinski definition) is 3. The van der Waals surface area contributed by atoms with Crippen molar-refractivity contribution < 1.29 is 0 Å². The molecule has 2 aromatic heterocycles. The predicted molar refractivity (Wildman–Crippen MR) is 125 cm³/mol. The summed E-state index contributed by atoms with van der Waals surface area (Å²) in [6.45, 7) is 0.459. The van der Waals surface area contributed by atoms with Crippen LogP contribution in [-0.4, -0.2) is 20.4 Å². The minimum atomic E-state index is -0.215. The quantitative estimate of drug-likeness (QED) is 0.328. The van der Waals surface area contributed by atoms with Crippen LogP contribution < -0.4 is 5.56 Å². The molecule has 0 amide bonds. The molecule has 5 heteroatoms. The van der Waals surface area contributed by atoms with Crippen LogP contribution in [0.3, 0.4) is 0 Å². The van der Waals surface area contributed by atoms with Gasteiger partial charge >= 0.3 is 0 Å². The Balaban J connectivity index is 1.72. The second-order valence-electron chi connectivity index (χ2n) is 7.11. The Labute approximate surface area is 178 Å². The van der Waals surface area contributed by atoms with E-state index >= 15 is 0 Å². The zero-order chi connectivity index (χ0) is 21.2. The van der Waals surface area contributed by atoms with Crippen LogP contribution in [0.2, 0.25) is 0 Å². The number of hydrogen-bond donors (Lipinski definition) is 0. The Morgan fingerprint density at radius 1 is 0.935 bits per heavy atom. The summed E-state index contributed by atoms with van der Waals surface area (Å²) >= 11 is 0. The Hall–Kier alpha value is -4.43. The van der Waals surface area contributed by atoms with Gasteiger partial charge < -0.3 is 4.57 Å². The Morgan fingerprint density at radius 2 is 1.65 bits per heavy atom. The van der Waals surface area contributed by atoms with Crippen molar-refractivity contribution in [3.63, 3.8) is 0 Å². The number of para-hydroxylation sites is 2. The highest BCUT2D eigenvalue weighted by Crippen LogP contribution is 2.21. The largest absolute Gasteiger partial charge is 0.335 e. The van der Waals surface area contributed by atoms with Crippen LogP contribution >= 0.6 is 0 Å². The van der Waals surface area contributed by atoms with Crippen molar-refractivity contribution in [3.05, 3.63) is 101 Å². The van der Waals surface area contributed by atoms with Gasteiger partial charge in [-0.1, -0.05) is 66.6 Å². The lowest BCUT2D eigenvalue weighted by molar-refractivity contribution is 0.829. The van der Waals surface area contributed by atoms with E-state index < -0.39 is 0 Å². The minimum absolute atomic E-state index is 0.215. The molecule has 31 heavy (non-hydrogen) atoms. The standard InChI is InChI=1S/C26H18N4O/c1-2-16-29-18-20(21-12-7-9-15-24(21)29)17-27-30-25(19-10-4-3-5-11-19)28-23-14-8-6-13-22(23)26(30)31/h1,3-15,17-18H,16H2. The molecule has 2 heterocycles. The van der Waals surface area contributed by atoms with E-state index in [1.807, 2.05) is 83.6 Å². The van der Waals surface area contributed by atoms with Crippen molar-refractivity contribution in [2.75, 3.05) is 0 Å². The molecular formula is C26H18N4O. The average molecular weight is 402 g/mol. The SMILES string of the molecule is C#CCn1cc(C=Nn2c(-c3ccccc3)nc3ccccc3c2=O)c2ccccc21. The molecule has 0 spiro atoms. The second-order valence-corrected chi connectivity index (χ2v) is 7.11. The molecule has 0 aliphatic rings. The summed E-state index contributed by atoms with van der Waals surface area (Å²) < 4.78 is 3.36. The number of benzene rings is 3. The molecule has 5 nitrogen and oxygen atoms in total. The van der Waals surface area contributed by atoms with Gasteiger partial charge in [-0.2, -0.15) is 9.78 Å². The third-order valence-corrected chi connectivity index (χ3v) is 5.18. The van der Waals surface area contributed by atoms with Crippen LogP contribution in [0.25, 0.3) is 33.2 Å². The maximum Gasteiger partial charge on any atom is 0.282 e. The molecule has 0 N–H and O–H groups in total. The van der Waals surface area contributed by atoms with Gasteiger partial charge in [0, 0.05) is 28.2 Å². The molecule has 0 aliphatic carbocycles. The third kappa shape index (κ3) is 3.30. The fourth-order valence-corrected chi connectivity index (χ4v) is 3.73. The molecule has 148 valence electrons. The molecule has 5 rings (SSSR count). The Kier molecular flexibility index (Phi) is 4.66. The van der Waals surface area contributed by atoms with Gasteiger partial charge in [-0.25, -0.2) is 4.98 Å². The van der Waals surface area contributed by atoms with Gasteiger partial charge in [0.15, 0.2) is 5.82 Å². The molecule has 0 aliphatic heterocycles. The van der Waals surface area contributed by atoms with Gasteiger partial charge in [-0.15, -0.1) is 6.42 Å². The van der Waals surface area contributed by atoms with Crippen LogP contribution in [0.1, 0.15) is 5.56 Å². The van der Waals surface area contributed by atoms with E-state index in [1.165, 1.54) is 4.68 Å². The van der Waals surface area contributed by atoms with Gasteiger partial charge in [0.2, 0.25) is 0 Å². The maximum absolute atomic E-state index is 13.3.